The summed E-state index contributed by atoms with van der Waals surface area (Å²) in [5.74, 6) is 0.644. The Balaban J connectivity index is 0.00000225. The maximum absolute atomic E-state index is 11.6. The molecule has 0 bridgehead atoms. The van der Waals surface area contributed by atoms with Gasteiger partial charge in [0.2, 0.25) is 5.91 Å². The summed E-state index contributed by atoms with van der Waals surface area (Å²) in [6, 6.07) is 0. The van der Waals surface area contributed by atoms with E-state index in [2.05, 4.69) is 10.6 Å². The second-order valence-corrected chi connectivity index (χ2v) is 4.76. The average molecular weight is 251 g/mol. The predicted molar refractivity (Wildman–Crippen MR) is 66.6 cm³/mol. The number of hydrogen-bond donors (Lipinski definition) is 3. The van der Waals surface area contributed by atoms with Gasteiger partial charge in [0, 0.05) is 31.5 Å². The van der Waals surface area contributed by atoms with E-state index in [4.69, 9.17) is 0 Å². The molecule has 1 aliphatic rings. The van der Waals surface area contributed by atoms with Crippen molar-refractivity contribution in [3.63, 3.8) is 0 Å². The van der Waals surface area contributed by atoms with E-state index in [1.807, 2.05) is 20.8 Å². The Bertz CT molecular complexity index is 224. The van der Waals surface area contributed by atoms with Crippen LogP contribution in [0.3, 0.4) is 0 Å². The molecule has 3 N–H and O–H groups in total. The summed E-state index contributed by atoms with van der Waals surface area (Å²) in [5, 5.41) is 15.5. The number of β-amino-alcohol motifs (C(OH)–C–C–N with tert-alkyl or cyclic N) is 1. The molecular formula is C11H23ClN2O2. The van der Waals surface area contributed by atoms with E-state index < -0.39 is 0 Å². The van der Waals surface area contributed by atoms with Crippen LogP contribution < -0.4 is 10.6 Å². The highest BCUT2D eigenvalue weighted by molar-refractivity contribution is 5.85. The fraction of sp³-hybridized carbons (Fsp3) is 0.909. The number of nitrogens with one attached hydrogen (secondary N) is 2. The fourth-order valence-electron chi connectivity index (χ4n) is 1.62. The van der Waals surface area contributed by atoms with Gasteiger partial charge < -0.3 is 15.7 Å². The van der Waals surface area contributed by atoms with Crippen LogP contribution in [0.2, 0.25) is 0 Å². The summed E-state index contributed by atoms with van der Waals surface area (Å²) in [6.07, 6.45) is -0.320. The lowest BCUT2D eigenvalue weighted by atomic mass is 9.97. The highest BCUT2D eigenvalue weighted by Crippen LogP contribution is 2.11. The minimum Gasteiger partial charge on any atom is -0.391 e. The molecule has 5 heteroatoms. The smallest absolute Gasteiger partial charge is 0.223 e. The predicted octanol–water partition coefficient (Wildman–Crippen LogP) is 0.397. The molecular weight excluding hydrogens is 228 g/mol. The zero-order valence-electron chi connectivity index (χ0n) is 10.2. The first-order valence-electron chi connectivity index (χ1n) is 5.69. The molecule has 0 aromatic heterocycles. The van der Waals surface area contributed by atoms with Gasteiger partial charge in [0.1, 0.15) is 0 Å². The third-order valence-corrected chi connectivity index (χ3v) is 3.26. The van der Waals surface area contributed by atoms with Crippen LogP contribution in [0.25, 0.3) is 0 Å². The first kappa shape index (κ1) is 15.7. The SMILES string of the molecule is CC(C)C(C)C(=O)NCC1CNCC1O.Cl. The van der Waals surface area contributed by atoms with Crippen molar-refractivity contribution in [1.82, 2.24) is 10.6 Å². The van der Waals surface area contributed by atoms with E-state index in [-0.39, 0.29) is 36.3 Å². The van der Waals surface area contributed by atoms with Gasteiger partial charge in [-0.3, -0.25) is 4.79 Å². The third-order valence-electron chi connectivity index (χ3n) is 3.26. The van der Waals surface area contributed by atoms with E-state index in [9.17, 15) is 9.90 Å². The largest absolute Gasteiger partial charge is 0.391 e. The van der Waals surface area contributed by atoms with Crippen LogP contribution in [0, 0.1) is 17.8 Å². The summed E-state index contributed by atoms with van der Waals surface area (Å²) < 4.78 is 0. The molecule has 3 atom stereocenters. The number of amides is 1. The number of carbonyl (C=O) groups is 1. The van der Waals surface area contributed by atoms with Gasteiger partial charge in [-0.05, 0) is 5.92 Å². The first-order valence-corrected chi connectivity index (χ1v) is 5.69. The molecule has 0 aliphatic carbocycles. The summed E-state index contributed by atoms with van der Waals surface area (Å²) in [4.78, 5) is 11.6. The van der Waals surface area contributed by atoms with Gasteiger partial charge in [0.25, 0.3) is 0 Å². The molecule has 1 heterocycles. The van der Waals surface area contributed by atoms with Crippen LogP contribution in [-0.2, 0) is 4.79 Å². The minimum absolute atomic E-state index is 0. The van der Waals surface area contributed by atoms with Gasteiger partial charge in [-0.1, -0.05) is 20.8 Å². The van der Waals surface area contributed by atoms with E-state index in [0.717, 1.165) is 6.54 Å². The summed E-state index contributed by atoms with van der Waals surface area (Å²) in [7, 11) is 0. The van der Waals surface area contributed by atoms with Gasteiger partial charge in [-0.25, -0.2) is 0 Å². The van der Waals surface area contributed by atoms with Crippen molar-refractivity contribution in [2.75, 3.05) is 19.6 Å². The molecule has 16 heavy (non-hydrogen) atoms. The Morgan fingerprint density at radius 1 is 1.44 bits per heavy atom. The lowest BCUT2D eigenvalue weighted by Gasteiger charge is -2.18. The third kappa shape index (κ3) is 4.28. The topological polar surface area (TPSA) is 61.4 Å². The summed E-state index contributed by atoms with van der Waals surface area (Å²) in [6.45, 7) is 8.01. The molecule has 0 aromatic rings. The van der Waals surface area contributed by atoms with E-state index >= 15 is 0 Å². The van der Waals surface area contributed by atoms with Crippen molar-refractivity contribution < 1.29 is 9.90 Å². The van der Waals surface area contributed by atoms with E-state index in [1.165, 1.54) is 0 Å². The molecule has 1 saturated heterocycles. The van der Waals surface area contributed by atoms with Gasteiger partial charge in [0.05, 0.1) is 6.10 Å². The van der Waals surface area contributed by atoms with Crippen molar-refractivity contribution >= 4 is 18.3 Å². The number of hydrogen-bond acceptors (Lipinski definition) is 3. The van der Waals surface area contributed by atoms with Gasteiger partial charge in [0.15, 0.2) is 0 Å². The molecule has 4 nitrogen and oxygen atoms in total. The second-order valence-electron chi connectivity index (χ2n) is 4.76. The van der Waals surface area contributed by atoms with Crippen LogP contribution in [0.15, 0.2) is 0 Å². The monoisotopic (exact) mass is 250 g/mol. The standard InChI is InChI=1S/C11H22N2O2.ClH/c1-7(2)8(3)11(15)13-5-9-4-12-6-10(9)14;/h7-10,12,14H,4-6H2,1-3H3,(H,13,15);1H. The van der Waals surface area contributed by atoms with Crippen LogP contribution in [-0.4, -0.2) is 36.8 Å². The molecule has 1 rings (SSSR count). The molecule has 1 amide bonds. The first-order chi connectivity index (χ1) is 7.02. The molecule has 96 valence electrons. The Kier molecular flexibility index (Phi) is 6.95. The lowest BCUT2D eigenvalue weighted by molar-refractivity contribution is -0.125. The maximum atomic E-state index is 11.6. The Hall–Kier alpha value is -0.320. The van der Waals surface area contributed by atoms with Crippen molar-refractivity contribution in [2.24, 2.45) is 17.8 Å². The van der Waals surface area contributed by atoms with Crippen molar-refractivity contribution in [3.8, 4) is 0 Å². The number of rotatable bonds is 4. The maximum Gasteiger partial charge on any atom is 0.223 e. The van der Waals surface area contributed by atoms with Crippen LogP contribution in [0.5, 0.6) is 0 Å². The quantitative estimate of drug-likeness (QED) is 0.677. The van der Waals surface area contributed by atoms with Gasteiger partial charge in [-0.15, -0.1) is 12.4 Å². The Morgan fingerprint density at radius 3 is 2.50 bits per heavy atom. The molecule has 1 aliphatic heterocycles. The molecule has 0 aromatic carbocycles. The van der Waals surface area contributed by atoms with Gasteiger partial charge in [-0.2, -0.15) is 0 Å². The summed E-state index contributed by atoms with van der Waals surface area (Å²) in [5.41, 5.74) is 0. The fourth-order valence-corrected chi connectivity index (χ4v) is 1.62. The van der Waals surface area contributed by atoms with Crippen molar-refractivity contribution in [1.29, 1.82) is 0 Å². The number of carbonyl (C=O) groups excluding carboxylic acids is 1. The summed E-state index contributed by atoms with van der Waals surface area (Å²) >= 11 is 0. The Morgan fingerprint density at radius 2 is 2.06 bits per heavy atom. The molecule has 0 radical (unpaired) electrons. The van der Waals surface area contributed by atoms with E-state index in [1.54, 1.807) is 0 Å². The molecule has 0 saturated carbocycles. The van der Waals surface area contributed by atoms with Crippen molar-refractivity contribution in [2.45, 2.75) is 26.9 Å². The average Bonchev–Trinajstić information content (AvgIpc) is 2.59. The molecule has 3 unspecified atom stereocenters. The zero-order valence-corrected chi connectivity index (χ0v) is 11.0. The van der Waals surface area contributed by atoms with Crippen LogP contribution in [0.1, 0.15) is 20.8 Å². The van der Waals surface area contributed by atoms with Crippen LogP contribution in [0.4, 0.5) is 0 Å². The number of halogens is 1. The van der Waals surface area contributed by atoms with Crippen molar-refractivity contribution in [3.05, 3.63) is 0 Å². The Labute approximate surface area is 104 Å². The lowest BCUT2D eigenvalue weighted by Crippen LogP contribution is -2.38. The number of aliphatic hydroxyl groups excluding tert-OH is 1. The molecule has 1 fully saturated rings. The highest BCUT2D eigenvalue weighted by atomic mass is 35.5. The molecule has 0 spiro atoms. The highest BCUT2D eigenvalue weighted by Gasteiger charge is 2.26. The zero-order chi connectivity index (χ0) is 11.4. The van der Waals surface area contributed by atoms with Gasteiger partial charge >= 0.3 is 0 Å². The second kappa shape index (κ2) is 7.09. The normalized spacial score (nSPS) is 26.3. The van der Waals surface area contributed by atoms with Crippen LogP contribution >= 0.6 is 12.4 Å². The number of aliphatic hydroxyl groups is 1. The van der Waals surface area contributed by atoms with E-state index in [0.29, 0.717) is 19.0 Å². The minimum atomic E-state index is -0.320.